The first kappa shape index (κ1) is 23.5. The molecule has 0 unspecified atom stereocenters. The number of hydrogen-bond donors (Lipinski definition) is 0. The molecule has 168 valence electrons. The summed E-state index contributed by atoms with van der Waals surface area (Å²) < 4.78 is 9.53. The molecular formula is C22H23Cl2N5OS2. The summed E-state index contributed by atoms with van der Waals surface area (Å²) in [4.78, 5) is 3.49. The SMILES string of the molecule is CSc1ccc(Cc2nn(CN3CCOCC3)c(=S)n2/N=C/c2ccc(Cl)cc2Cl)cc1. The number of rotatable bonds is 7. The average Bonchev–Trinajstić information content (AvgIpc) is 3.08. The molecule has 3 aromatic rings. The number of aromatic nitrogens is 3. The summed E-state index contributed by atoms with van der Waals surface area (Å²) >= 11 is 19.8. The predicted molar refractivity (Wildman–Crippen MR) is 134 cm³/mol. The fourth-order valence-corrected chi connectivity index (χ4v) is 4.46. The molecule has 6 nitrogen and oxygen atoms in total. The van der Waals surface area contributed by atoms with E-state index in [-0.39, 0.29) is 0 Å². The molecule has 0 atom stereocenters. The molecule has 4 rings (SSSR count). The highest BCUT2D eigenvalue weighted by molar-refractivity contribution is 7.98. The van der Waals surface area contributed by atoms with Crippen molar-refractivity contribution in [3.05, 3.63) is 74.2 Å². The van der Waals surface area contributed by atoms with Gasteiger partial charge in [0.05, 0.1) is 31.1 Å². The third kappa shape index (κ3) is 5.81. The van der Waals surface area contributed by atoms with Gasteiger partial charge in [-0.15, -0.1) is 11.8 Å². The van der Waals surface area contributed by atoms with Crippen LogP contribution in [-0.2, 0) is 17.8 Å². The Kier molecular flexibility index (Phi) is 8.04. The topological polar surface area (TPSA) is 47.6 Å². The van der Waals surface area contributed by atoms with E-state index in [2.05, 4.69) is 40.5 Å². The predicted octanol–water partition coefficient (Wildman–Crippen LogP) is 5.21. The molecule has 0 amide bonds. The zero-order valence-corrected chi connectivity index (χ0v) is 20.7. The quantitative estimate of drug-likeness (QED) is 0.249. The van der Waals surface area contributed by atoms with Crippen molar-refractivity contribution in [1.82, 2.24) is 19.4 Å². The summed E-state index contributed by atoms with van der Waals surface area (Å²) in [5, 5.41) is 10.6. The Labute approximate surface area is 206 Å². The smallest absolute Gasteiger partial charge is 0.220 e. The fraction of sp³-hybridized carbons (Fsp3) is 0.318. The van der Waals surface area contributed by atoms with Gasteiger partial charge in [-0.25, -0.2) is 4.68 Å². The zero-order chi connectivity index (χ0) is 22.5. The molecule has 1 saturated heterocycles. The van der Waals surface area contributed by atoms with Crippen molar-refractivity contribution >= 4 is 53.4 Å². The first-order valence-electron chi connectivity index (χ1n) is 10.1. The van der Waals surface area contributed by atoms with E-state index >= 15 is 0 Å². The van der Waals surface area contributed by atoms with E-state index in [1.54, 1.807) is 34.8 Å². The van der Waals surface area contributed by atoms with Crippen LogP contribution < -0.4 is 0 Å². The number of nitrogens with zero attached hydrogens (tertiary/aromatic N) is 5. The minimum Gasteiger partial charge on any atom is -0.379 e. The summed E-state index contributed by atoms with van der Waals surface area (Å²) in [5.41, 5.74) is 1.90. The fourth-order valence-electron chi connectivity index (χ4n) is 3.35. The van der Waals surface area contributed by atoms with Crippen LogP contribution in [-0.4, -0.2) is 58.1 Å². The van der Waals surface area contributed by atoms with E-state index < -0.39 is 0 Å². The van der Waals surface area contributed by atoms with Crippen LogP contribution >= 0.6 is 47.2 Å². The minimum atomic E-state index is 0.530. The molecule has 2 heterocycles. The summed E-state index contributed by atoms with van der Waals surface area (Å²) in [7, 11) is 0. The van der Waals surface area contributed by atoms with Crippen LogP contribution in [0, 0.1) is 4.77 Å². The van der Waals surface area contributed by atoms with E-state index in [0.29, 0.717) is 27.9 Å². The second kappa shape index (κ2) is 11.0. The molecule has 32 heavy (non-hydrogen) atoms. The van der Waals surface area contributed by atoms with Crippen LogP contribution in [0.25, 0.3) is 0 Å². The van der Waals surface area contributed by atoms with E-state index in [1.165, 1.54) is 4.90 Å². The lowest BCUT2D eigenvalue weighted by molar-refractivity contribution is 0.0209. The van der Waals surface area contributed by atoms with Crippen LogP contribution in [0.1, 0.15) is 17.0 Å². The number of halogens is 2. The number of ether oxygens (including phenoxy) is 1. The lowest BCUT2D eigenvalue weighted by Crippen LogP contribution is -2.37. The first-order valence-corrected chi connectivity index (χ1v) is 12.5. The molecule has 0 saturated carbocycles. The van der Waals surface area contributed by atoms with Crippen LogP contribution in [0.15, 0.2) is 52.5 Å². The number of hydrogen-bond acceptors (Lipinski definition) is 6. The van der Waals surface area contributed by atoms with Gasteiger partial charge in [0.1, 0.15) is 0 Å². The summed E-state index contributed by atoms with van der Waals surface area (Å²) in [6.45, 7) is 3.74. The van der Waals surface area contributed by atoms with Crippen molar-refractivity contribution in [1.29, 1.82) is 0 Å². The molecule has 1 aliphatic heterocycles. The Bertz CT molecular complexity index is 1150. The molecule has 0 N–H and O–H groups in total. The molecule has 0 aliphatic carbocycles. The monoisotopic (exact) mass is 507 g/mol. The highest BCUT2D eigenvalue weighted by atomic mass is 35.5. The second-order valence-corrected chi connectivity index (χ2v) is 9.41. The third-order valence-corrected chi connectivity index (χ3v) is 6.81. The van der Waals surface area contributed by atoms with Gasteiger partial charge in [0.2, 0.25) is 4.77 Å². The van der Waals surface area contributed by atoms with E-state index in [9.17, 15) is 0 Å². The minimum absolute atomic E-state index is 0.530. The van der Waals surface area contributed by atoms with Gasteiger partial charge in [-0.1, -0.05) is 41.4 Å². The van der Waals surface area contributed by atoms with Gasteiger partial charge in [0.15, 0.2) is 5.82 Å². The van der Waals surface area contributed by atoms with E-state index in [1.807, 2.05) is 10.7 Å². The van der Waals surface area contributed by atoms with E-state index in [4.69, 9.17) is 45.3 Å². The lowest BCUT2D eigenvalue weighted by atomic mass is 10.1. The van der Waals surface area contributed by atoms with Gasteiger partial charge in [-0.3, -0.25) is 4.90 Å². The molecule has 0 spiro atoms. The zero-order valence-electron chi connectivity index (χ0n) is 17.6. The molecule has 1 aromatic heterocycles. The Morgan fingerprint density at radius 2 is 1.91 bits per heavy atom. The van der Waals surface area contributed by atoms with Crippen LogP contribution in [0.4, 0.5) is 0 Å². The Balaban J connectivity index is 1.66. The molecule has 2 aromatic carbocycles. The van der Waals surface area contributed by atoms with Gasteiger partial charge in [-0.05, 0) is 48.3 Å². The van der Waals surface area contributed by atoms with Gasteiger partial charge in [0, 0.05) is 35.0 Å². The Morgan fingerprint density at radius 3 is 2.59 bits per heavy atom. The molecule has 10 heteroatoms. The maximum absolute atomic E-state index is 6.32. The standard InChI is InChI=1S/C22H23Cl2N5OS2/c1-32-19-6-2-16(3-7-19)12-21-26-28(15-27-8-10-30-11-9-27)22(31)29(21)25-14-17-4-5-18(23)13-20(17)24/h2-7,13-14H,8-12,15H2,1H3/b25-14+. The van der Waals surface area contributed by atoms with Crippen LogP contribution in [0.3, 0.4) is 0 Å². The highest BCUT2D eigenvalue weighted by Crippen LogP contribution is 2.20. The van der Waals surface area contributed by atoms with Gasteiger partial charge in [-0.2, -0.15) is 14.9 Å². The van der Waals surface area contributed by atoms with Crippen molar-refractivity contribution in [2.45, 2.75) is 18.0 Å². The molecule has 1 fully saturated rings. The lowest BCUT2D eigenvalue weighted by Gasteiger charge is -2.25. The Hall–Kier alpha value is -1.68. The molecule has 0 radical (unpaired) electrons. The maximum Gasteiger partial charge on any atom is 0.220 e. The number of thioether (sulfide) groups is 1. The molecule has 0 bridgehead atoms. The maximum atomic E-state index is 6.32. The van der Waals surface area contributed by atoms with Gasteiger partial charge >= 0.3 is 0 Å². The first-order chi connectivity index (χ1) is 15.5. The summed E-state index contributed by atoms with van der Waals surface area (Å²) in [5.74, 6) is 0.765. The van der Waals surface area contributed by atoms with Crippen LogP contribution in [0.2, 0.25) is 10.0 Å². The normalized spacial score (nSPS) is 15.0. The average molecular weight is 509 g/mol. The largest absolute Gasteiger partial charge is 0.379 e. The summed E-state index contributed by atoms with van der Waals surface area (Å²) in [6.07, 6.45) is 4.37. The molecular weight excluding hydrogens is 485 g/mol. The summed E-state index contributed by atoms with van der Waals surface area (Å²) in [6, 6.07) is 13.8. The van der Waals surface area contributed by atoms with E-state index in [0.717, 1.165) is 43.3 Å². The number of benzene rings is 2. The van der Waals surface area contributed by atoms with Crippen molar-refractivity contribution in [3.8, 4) is 0 Å². The second-order valence-electron chi connectivity index (χ2n) is 7.32. The van der Waals surface area contributed by atoms with Gasteiger partial charge in [0.25, 0.3) is 0 Å². The van der Waals surface area contributed by atoms with Crippen molar-refractivity contribution in [2.24, 2.45) is 5.10 Å². The van der Waals surface area contributed by atoms with Crippen LogP contribution in [0.5, 0.6) is 0 Å². The highest BCUT2D eigenvalue weighted by Gasteiger charge is 2.16. The van der Waals surface area contributed by atoms with Crippen molar-refractivity contribution in [2.75, 3.05) is 32.6 Å². The van der Waals surface area contributed by atoms with Gasteiger partial charge < -0.3 is 4.74 Å². The van der Waals surface area contributed by atoms with Crippen molar-refractivity contribution in [3.63, 3.8) is 0 Å². The van der Waals surface area contributed by atoms with Crippen molar-refractivity contribution < 1.29 is 4.74 Å². The molecule has 1 aliphatic rings. The Morgan fingerprint density at radius 1 is 1.16 bits per heavy atom. The number of morpholine rings is 1. The third-order valence-electron chi connectivity index (χ3n) is 5.12.